The maximum Gasteiger partial charge on any atom is 0.499 e. The molecule has 3 aromatic carbocycles. The second-order valence-electron chi connectivity index (χ2n) is 10.9. The molecule has 1 N–H and O–H groups in total. The van der Waals surface area contributed by atoms with Crippen molar-refractivity contribution in [2.24, 2.45) is 4.99 Å². The van der Waals surface area contributed by atoms with Crippen LogP contribution in [-0.4, -0.2) is 56.5 Å². The molecule has 0 atom stereocenters. The number of carbonyl (C=O) groups excluding carboxylic acids is 2. The molecule has 0 saturated carbocycles. The largest absolute Gasteiger partial charge is 0.499 e. The topological polar surface area (TPSA) is 102 Å². The van der Waals surface area contributed by atoms with Crippen molar-refractivity contribution in [1.82, 2.24) is 20.1 Å². The molecule has 1 aliphatic rings. The number of urea groups is 1. The van der Waals surface area contributed by atoms with E-state index in [1.165, 1.54) is 39.8 Å². The standard InChI is InChI=1S/C32H29F5N6O3S/c1-19(2)25-13-4-20(3)16-26(25)43-27(44)17-47-30(43)40-29(45)38-15-14-21-5-7-22(8-6-21)28-39-18-42(41-28)23-9-11-24(12-10-23)46-32(36,37)31(33,34)35/h4-13,16,18-19H,14-15,17H2,1-3H3,(H,38,45)/b40-30-. The van der Waals surface area contributed by atoms with Gasteiger partial charge in [-0.05, 0) is 66.3 Å². The van der Waals surface area contributed by atoms with Crippen molar-refractivity contribution < 1.29 is 36.3 Å². The zero-order valence-corrected chi connectivity index (χ0v) is 26.2. The van der Waals surface area contributed by atoms with Gasteiger partial charge in [-0.1, -0.05) is 62.0 Å². The van der Waals surface area contributed by atoms with Gasteiger partial charge in [0, 0.05) is 12.1 Å². The van der Waals surface area contributed by atoms with Crippen LogP contribution in [0.2, 0.25) is 0 Å². The number of nitrogens with one attached hydrogen (secondary N) is 1. The summed E-state index contributed by atoms with van der Waals surface area (Å²) >= 11 is 1.22. The molecule has 47 heavy (non-hydrogen) atoms. The van der Waals surface area contributed by atoms with Crippen molar-refractivity contribution in [1.29, 1.82) is 0 Å². The van der Waals surface area contributed by atoms with Gasteiger partial charge in [-0.3, -0.25) is 9.69 Å². The Hall–Kier alpha value is -4.79. The molecule has 0 unspecified atom stereocenters. The van der Waals surface area contributed by atoms with Gasteiger partial charge in [0.05, 0.1) is 17.1 Å². The Bertz CT molecular complexity index is 1790. The number of carbonyl (C=O) groups is 2. The fourth-order valence-electron chi connectivity index (χ4n) is 4.67. The summed E-state index contributed by atoms with van der Waals surface area (Å²) in [6, 6.07) is 17.1. The molecular weight excluding hydrogens is 643 g/mol. The van der Waals surface area contributed by atoms with Crippen LogP contribution in [0, 0.1) is 6.92 Å². The highest BCUT2D eigenvalue weighted by Crippen LogP contribution is 2.37. The number of aliphatic imine (C=N–C) groups is 1. The van der Waals surface area contributed by atoms with Gasteiger partial charge >= 0.3 is 18.3 Å². The Morgan fingerprint density at radius 1 is 1.04 bits per heavy atom. The van der Waals surface area contributed by atoms with Gasteiger partial charge in [0.25, 0.3) is 0 Å². The molecule has 1 fully saturated rings. The fraction of sp³-hybridized carbons (Fsp3) is 0.281. The Morgan fingerprint density at radius 3 is 2.40 bits per heavy atom. The summed E-state index contributed by atoms with van der Waals surface area (Å²) in [7, 11) is 0. The molecule has 4 aromatic rings. The van der Waals surface area contributed by atoms with Gasteiger partial charge in [0.15, 0.2) is 11.0 Å². The first-order valence-electron chi connectivity index (χ1n) is 14.4. The van der Waals surface area contributed by atoms with E-state index in [1.807, 2.05) is 51.1 Å². The number of alkyl halides is 5. The van der Waals surface area contributed by atoms with E-state index >= 15 is 0 Å². The average Bonchev–Trinajstić information content (AvgIpc) is 3.64. The Labute approximate surface area is 270 Å². The van der Waals surface area contributed by atoms with E-state index in [9.17, 15) is 31.5 Å². The normalized spacial score (nSPS) is 14.7. The maximum absolute atomic E-state index is 13.1. The molecule has 0 spiro atoms. The first kappa shape index (κ1) is 33.6. The van der Waals surface area contributed by atoms with Gasteiger partial charge in [0.2, 0.25) is 5.91 Å². The number of amides is 3. The number of benzene rings is 3. The van der Waals surface area contributed by atoms with Crippen LogP contribution in [0.25, 0.3) is 17.1 Å². The van der Waals surface area contributed by atoms with Crippen LogP contribution in [-0.2, 0) is 11.2 Å². The Balaban J connectivity index is 1.17. The molecule has 1 saturated heterocycles. The van der Waals surface area contributed by atoms with Gasteiger partial charge in [-0.15, -0.1) is 5.10 Å². The van der Waals surface area contributed by atoms with E-state index in [0.29, 0.717) is 35.2 Å². The molecule has 1 aromatic heterocycles. The van der Waals surface area contributed by atoms with Gasteiger partial charge in [-0.2, -0.15) is 26.9 Å². The number of aromatic nitrogens is 3. The minimum atomic E-state index is -5.84. The number of thioether (sulfide) groups is 1. The van der Waals surface area contributed by atoms with Crippen LogP contribution in [0.3, 0.4) is 0 Å². The second-order valence-corrected chi connectivity index (χ2v) is 11.9. The minimum absolute atomic E-state index is 0.131. The lowest BCUT2D eigenvalue weighted by Crippen LogP contribution is -2.41. The zero-order chi connectivity index (χ0) is 33.9. The summed E-state index contributed by atoms with van der Waals surface area (Å²) in [4.78, 5) is 35.4. The van der Waals surface area contributed by atoms with Crippen LogP contribution >= 0.6 is 11.8 Å². The number of nitrogens with zero attached hydrogens (tertiary/aromatic N) is 5. The average molecular weight is 673 g/mol. The van der Waals surface area contributed by atoms with Crippen molar-refractivity contribution in [3.63, 3.8) is 0 Å². The van der Waals surface area contributed by atoms with E-state index in [0.717, 1.165) is 34.5 Å². The van der Waals surface area contributed by atoms with Crippen LogP contribution in [0.5, 0.6) is 5.75 Å². The maximum atomic E-state index is 13.1. The van der Waals surface area contributed by atoms with E-state index in [-0.39, 0.29) is 17.6 Å². The summed E-state index contributed by atoms with van der Waals surface area (Å²) in [5.74, 6) is -0.0640. The van der Waals surface area contributed by atoms with Gasteiger partial charge in [0.1, 0.15) is 12.1 Å². The predicted molar refractivity (Wildman–Crippen MR) is 168 cm³/mol. The van der Waals surface area contributed by atoms with Crippen LogP contribution in [0.4, 0.5) is 32.4 Å². The second kappa shape index (κ2) is 13.5. The third-order valence-electron chi connectivity index (χ3n) is 7.08. The molecule has 0 bridgehead atoms. The van der Waals surface area contributed by atoms with E-state index < -0.39 is 24.1 Å². The Kier molecular flexibility index (Phi) is 9.65. The smallest absolute Gasteiger partial charge is 0.426 e. The number of amidine groups is 1. The molecule has 3 amide bonds. The molecular formula is C32H29F5N6O3S. The quantitative estimate of drug-likeness (QED) is 0.188. The third-order valence-corrected chi connectivity index (χ3v) is 8.01. The Morgan fingerprint density at radius 2 is 1.74 bits per heavy atom. The summed E-state index contributed by atoms with van der Waals surface area (Å²) in [5, 5.41) is 7.46. The molecule has 246 valence electrons. The molecule has 0 aliphatic carbocycles. The van der Waals surface area contributed by atoms with Crippen molar-refractivity contribution in [2.45, 2.75) is 45.4 Å². The molecule has 5 rings (SSSR count). The lowest BCUT2D eigenvalue weighted by molar-refractivity contribution is -0.360. The SMILES string of the molecule is Cc1ccc(C(C)C)c(N2C(=O)CS/C2=N\C(=O)NCCc2ccc(-c3ncn(-c4ccc(OC(F)(F)C(F)(F)F)cc4)n3)cc2)c1. The zero-order valence-electron chi connectivity index (χ0n) is 25.4. The number of hydrogen-bond donors (Lipinski definition) is 1. The summed E-state index contributed by atoms with van der Waals surface area (Å²) in [6.45, 7) is 6.34. The number of ether oxygens (including phenoxy) is 1. The predicted octanol–water partition coefficient (Wildman–Crippen LogP) is 7.29. The van der Waals surface area contributed by atoms with Crippen LogP contribution in [0.15, 0.2) is 78.0 Å². The number of anilines is 1. The molecule has 1 aliphatic heterocycles. The van der Waals surface area contributed by atoms with Crippen molar-refractivity contribution in [3.8, 4) is 22.8 Å². The van der Waals surface area contributed by atoms with Gasteiger partial charge in [-0.25, -0.2) is 14.5 Å². The van der Waals surface area contributed by atoms with Crippen molar-refractivity contribution >= 4 is 34.6 Å². The number of rotatable bonds is 9. The van der Waals surface area contributed by atoms with Crippen molar-refractivity contribution in [3.05, 3.63) is 89.7 Å². The number of aryl methyl sites for hydroxylation is 1. The van der Waals surface area contributed by atoms with E-state index in [1.54, 1.807) is 12.1 Å². The number of hydrogen-bond acceptors (Lipinski definition) is 6. The van der Waals surface area contributed by atoms with Gasteiger partial charge < -0.3 is 10.1 Å². The lowest BCUT2D eigenvalue weighted by atomic mass is 9.99. The summed E-state index contributed by atoms with van der Waals surface area (Å²) in [5.41, 5.74) is 4.68. The highest BCUT2D eigenvalue weighted by Gasteiger charge is 2.61. The third kappa shape index (κ3) is 7.79. The van der Waals surface area contributed by atoms with E-state index in [4.69, 9.17) is 0 Å². The van der Waals surface area contributed by atoms with Crippen LogP contribution in [0.1, 0.15) is 36.5 Å². The van der Waals surface area contributed by atoms with Crippen molar-refractivity contribution in [2.75, 3.05) is 17.2 Å². The minimum Gasteiger partial charge on any atom is -0.426 e. The summed E-state index contributed by atoms with van der Waals surface area (Å²) < 4.78 is 68.6. The van der Waals surface area contributed by atoms with E-state index in [2.05, 4.69) is 25.1 Å². The number of halogens is 5. The van der Waals surface area contributed by atoms with Crippen LogP contribution < -0.4 is 15.0 Å². The monoisotopic (exact) mass is 672 g/mol. The molecule has 9 nitrogen and oxygen atoms in total. The first-order valence-corrected chi connectivity index (χ1v) is 15.4. The first-order chi connectivity index (χ1) is 22.2. The summed E-state index contributed by atoms with van der Waals surface area (Å²) in [6.07, 6.45) is -9.28. The highest BCUT2D eigenvalue weighted by atomic mass is 32.2. The lowest BCUT2D eigenvalue weighted by Gasteiger charge is -2.22. The molecule has 2 heterocycles. The highest BCUT2D eigenvalue weighted by molar-refractivity contribution is 8.15. The fourth-order valence-corrected chi connectivity index (χ4v) is 5.53. The molecule has 0 radical (unpaired) electrons. The molecule has 15 heteroatoms.